The molecule has 0 spiro atoms. The summed E-state index contributed by atoms with van der Waals surface area (Å²) in [6, 6.07) is 14.2. The van der Waals surface area contributed by atoms with Gasteiger partial charge in [0.15, 0.2) is 0 Å². The highest BCUT2D eigenvalue weighted by Gasteiger charge is 2.29. The van der Waals surface area contributed by atoms with Crippen LogP contribution in [0.3, 0.4) is 0 Å². The fourth-order valence-electron chi connectivity index (χ4n) is 2.24. The van der Waals surface area contributed by atoms with Crippen LogP contribution in [0.2, 0.25) is 0 Å². The molecular weight excluding hydrogens is 368 g/mol. The van der Waals surface area contributed by atoms with Gasteiger partial charge in [-0.3, -0.25) is 15.0 Å². The maximum absolute atomic E-state index is 12.8. The zero-order valence-electron chi connectivity index (χ0n) is 15.6. The van der Waals surface area contributed by atoms with Gasteiger partial charge in [-0.1, -0.05) is 18.2 Å². The molecular formula is C19H22N2O5S. The van der Waals surface area contributed by atoms with Crippen molar-refractivity contribution >= 4 is 21.9 Å². The minimum Gasteiger partial charge on any atom is -0.383 e. The fraction of sp³-hybridized carbons (Fsp3) is 0.263. The van der Waals surface area contributed by atoms with Crippen LogP contribution in [0.15, 0.2) is 54.6 Å². The first-order valence-corrected chi connectivity index (χ1v) is 9.99. The lowest BCUT2D eigenvalue weighted by molar-refractivity contribution is 0.0358. The predicted octanol–water partition coefficient (Wildman–Crippen LogP) is 2.61. The number of hydrogen-bond acceptors (Lipinski definition) is 5. The van der Waals surface area contributed by atoms with Crippen LogP contribution in [0.1, 0.15) is 41.5 Å². The molecule has 2 rings (SSSR count). The van der Waals surface area contributed by atoms with Gasteiger partial charge in [-0.15, -0.1) is 0 Å². The van der Waals surface area contributed by atoms with Crippen molar-refractivity contribution in [1.82, 2.24) is 10.4 Å². The number of carbonyl (C=O) groups is 2. The average Bonchev–Trinajstić information content (AvgIpc) is 2.58. The third-order valence-corrected chi connectivity index (χ3v) is 3.97. The minimum atomic E-state index is -3.64. The summed E-state index contributed by atoms with van der Waals surface area (Å²) in [5.41, 5.74) is 2.66. The lowest BCUT2D eigenvalue weighted by Crippen LogP contribution is -2.55. The van der Waals surface area contributed by atoms with Crippen LogP contribution < -0.4 is 9.61 Å². The van der Waals surface area contributed by atoms with Gasteiger partial charge in [-0.05, 0) is 57.2 Å². The van der Waals surface area contributed by atoms with Crippen molar-refractivity contribution in [2.45, 2.75) is 26.3 Å². The average molecular weight is 390 g/mol. The molecule has 0 aromatic heterocycles. The quantitative estimate of drug-likeness (QED) is 0.640. The van der Waals surface area contributed by atoms with Crippen LogP contribution in [-0.2, 0) is 10.1 Å². The van der Waals surface area contributed by atoms with Crippen LogP contribution in [0.25, 0.3) is 0 Å². The first-order valence-electron chi connectivity index (χ1n) is 8.17. The Hall–Kier alpha value is -2.87. The largest absolute Gasteiger partial charge is 0.383 e. The van der Waals surface area contributed by atoms with E-state index in [9.17, 15) is 18.0 Å². The van der Waals surface area contributed by atoms with Crippen LogP contribution in [-0.4, -0.2) is 37.0 Å². The third-order valence-electron chi connectivity index (χ3n) is 3.47. The van der Waals surface area contributed by atoms with Crippen molar-refractivity contribution in [2.24, 2.45) is 0 Å². The van der Waals surface area contributed by atoms with Gasteiger partial charge in [-0.25, -0.2) is 5.01 Å². The maximum Gasteiger partial charge on any atom is 0.306 e. The van der Waals surface area contributed by atoms with Gasteiger partial charge in [0.1, 0.15) is 5.75 Å². The number of hydrazine groups is 1. The molecule has 1 N–H and O–H groups in total. The van der Waals surface area contributed by atoms with E-state index in [0.29, 0.717) is 5.56 Å². The van der Waals surface area contributed by atoms with Crippen LogP contribution in [0.4, 0.5) is 0 Å². The number of nitrogens with one attached hydrogen (secondary N) is 1. The number of rotatable bonds is 4. The van der Waals surface area contributed by atoms with Crippen molar-refractivity contribution in [2.75, 3.05) is 6.26 Å². The molecule has 144 valence electrons. The van der Waals surface area contributed by atoms with Gasteiger partial charge in [0.25, 0.3) is 11.8 Å². The molecule has 0 radical (unpaired) electrons. The number of amides is 2. The Labute approximate surface area is 159 Å². The Bertz CT molecular complexity index is 917. The Morgan fingerprint density at radius 3 is 1.96 bits per heavy atom. The molecule has 2 aromatic rings. The van der Waals surface area contributed by atoms with Gasteiger partial charge in [0.2, 0.25) is 0 Å². The zero-order chi connectivity index (χ0) is 20.2. The summed E-state index contributed by atoms with van der Waals surface area (Å²) in [4.78, 5) is 25.4. The highest BCUT2D eigenvalue weighted by atomic mass is 32.2. The van der Waals surface area contributed by atoms with Crippen molar-refractivity contribution in [3.8, 4) is 5.75 Å². The van der Waals surface area contributed by atoms with Crippen LogP contribution in [0, 0.1) is 0 Å². The number of nitrogens with zero attached hydrogens (tertiary/aromatic N) is 1. The molecule has 2 aromatic carbocycles. The monoisotopic (exact) mass is 390 g/mol. The van der Waals surface area contributed by atoms with Gasteiger partial charge in [-0.2, -0.15) is 8.42 Å². The van der Waals surface area contributed by atoms with E-state index in [4.69, 9.17) is 4.18 Å². The SMILES string of the molecule is CC(C)(C)N(NC(=O)c1ccc(OS(C)(=O)=O)cc1)C(=O)c1ccccc1. The first-order chi connectivity index (χ1) is 12.5. The summed E-state index contributed by atoms with van der Waals surface area (Å²) in [7, 11) is -3.64. The van der Waals surface area contributed by atoms with E-state index in [1.54, 1.807) is 51.1 Å². The minimum absolute atomic E-state index is 0.0992. The molecule has 0 aliphatic carbocycles. The van der Waals surface area contributed by atoms with Gasteiger partial charge in [0.05, 0.1) is 11.8 Å². The van der Waals surface area contributed by atoms with E-state index >= 15 is 0 Å². The highest BCUT2D eigenvalue weighted by molar-refractivity contribution is 7.86. The Kier molecular flexibility index (Phi) is 5.90. The predicted molar refractivity (Wildman–Crippen MR) is 102 cm³/mol. The normalized spacial score (nSPS) is 11.6. The second-order valence-corrected chi connectivity index (χ2v) is 8.51. The van der Waals surface area contributed by atoms with E-state index < -0.39 is 21.6 Å². The van der Waals surface area contributed by atoms with Gasteiger partial charge in [0, 0.05) is 11.1 Å². The number of hydrogen-bond donors (Lipinski definition) is 1. The maximum atomic E-state index is 12.8. The van der Waals surface area contributed by atoms with Gasteiger partial charge >= 0.3 is 10.1 Å². The Morgan fingerprint density at radius 2 is 1.48 bits per heavy atom. The molecule has 0 heterocycles. The third kappa shape index (κ3) is 5.82. The Morgan fingerprint density at radius 1 is 0.926 bits per heavy atom. The summed E-state index contributed by atoms with van der Waals surface area (Å²) in [6.45, 7) is 5.41. The van der Waals surface area contributed by atoms with Crippen LogP contribution in [0.5, 0.6) is 5.75 Å². The van der Waals surface area contributed by atoms with Crippen molar-refractivity contribution in [1.29, 1.82) is 0 Å². The standard InChI is InChI=1S/C19H22N2O5S/c1-19(2,3)21(18(23)15-8-6-5-7-9-15)20-17(22)14-10-12-16(13-11-14)26-27(4,24)25/h5-13H,1-4H3,(H,20,22). The van der Waals surface area contributed by atoms with E-state index in [1.165, 1.54) is 29.3 Å². The van der Waals surface area contributed by atoms with Crippen molar-refractivity contribution in [3.63, 3.8) is 0 Å². The van der Waals surface area contributed by atoms with Crippen molar-refractivity contribution < 1.29 is 22.2 Å². The van der Waals surface area contributed by atoms with Crippen molar-refractivity contribution in [3.05, 3.63) is 65.7 Å². The molecule has 7 nitrogen and oxygen atoms in total. The second kappa shape index (κ2) is 7.79. The summed E-state index contributed by atoms with van der Waals surface area (Å²) >= 11 is 0. The lowest BCUT2D eigenvalue weighted by atomic mass is 10.1. The molecule has 0 atom stereocenters. The summed E-state index contributed by atoms with van der Waals surface area (Å²) in [6.07, 6.45) is 0.935. The lowest BCUT2D eigenvalue weighted by Gasteiger charge is -2.35. The number of carbonyl (C=O) groups excluding carboxylic acids is 2. The topological polar surface area (TPSA) is 92.8 Å². The van der Waals surface area contributed by atoms with E-state index in [-0.39, 0.29) is 17.2 Å². The van der Waals surface area contributed by atoms with E-state index in [2.05, 4.69) is 5.43 Å². The van der Waals surface area contributed by atoms with E-state index in [0.717, 1.165) is 6.26 Å². The molecule has 2 amide bonds. The van der Waals surface area contributed by atoms with Gasteiger partial charge < -0.3 is 4.18 Å². The molecule has 0 saturated heterocycles. The molecule has 0 saturated carbocycles. The molecule has 0 aliphatic rings. The summed E-state index contributed by atoms with van der Waals surface area (Å²) in [5, 5.41) is 1.27. The smallest absolute Gasteiger partial charge is 0.306 e. The summed E-state index contributed by atoms with van der Waals surface area (Å²) in [5.74, 6) is -0.740. The zero-order valence-corrected chi connectivity index (χ0v) is 16.4. The fourth-order valence-corrected chi connectivity index (χ4v) is 2.70. The summed E-state index contributed by atoms with van der Waals surface area (Å²) < 4.78 is 27.0. The molecule has 0 unspecified atom stereocenters. The highest BCUT2D eigenvalue weighted by Crippen LogP contribution is 2.17. The Balaban J connectivity index is 2.20. The molecule has 8 heteroatoms. The van der Waals surface area contributed by atoms with E-state index in [1.807, 2.05) is 0 Å². The molecule has 0 fully saturated rings. The molecule has 0 aliphatic heterocycles. The number of benzene rings is 2. The molecule has 27 heavy (non-hydrogen) atoms. The first kappa shape index (κ1) is 20.4. The van der Waals surface area contributed by atoms with Crippen LogP contribution >= 0.6 is 0 Å². The molecule has 0 bridgehead atoms. The second-order valence-electron chi connectivity index (χ2n) is 6.93.